The van der Waals surface area contributed by atoms with Gasteiger partial charge in [-0.2, -0.15) is 0 Å². The van der Waals surface area contributed by atoms with E-state index in [0.717, 1.165) is 44.6 Å². The van der Waals surface area contributed by atoms with Crippen molar-refractivity contribution in [3.05, 3.63) is 24.4 Å². The van der Waals surface area contributed by atoms with E-state index >= 15 is 0 Å². The highest BCUT2D eigenvalue weighted by Crippen LogP contribution is 2.30. The third-order valence-electron chi connectivity index (χ3n) is 6.38. The summed E-state index contributed by atoms with van der Waals surface area (Å²) in [6, 6.07) is 6.62. The van der Waals surface area contributed by atoms with Crippen LogP contribution in [0.25, 0.3) is 0 Å². The van der Waals surface area contributed by atoms with Crippen LogP contribution in [-0.2, 0) is 9.59 Å². The van der Waals surface area contributed by atoms with Crippen LogP contribution in [0.3, 0.4) is 0 Å². The zero-order valence-corrected chi connectivity index (χ0v) is 16.0. The molecule has 6 heteroatoms. The van der Waals surface area contributed by atoms with Gasteiger partial charge in [-0.3, -0.25) is 9.59 Å². The summed E-state index contributed by atoms with van der Waals surface area (Å²) < 4.78 is 0. The van der Waals surface area contributed by atoms with E-state index in [0.29, 0.717) is 31.5 Å². The highest BCUT2D eigenvalue weighted by molar-refractivity contribution is 5.84. The Hall–Kier alpha value is -2.11. The molecule has 2 saturated heterocycles. The second-order valence-corrected chi connectivity index (χ2v) is 8.18. The van der Waals surface area contributed by atoms with Gasteiger partial charge < -0.3 is 15.1 Å². The molecule has 4 rings (SSSR count). The van der Waals surface area contributed by atoms with Crippen LogP contribution < -0.4 is 5.32 Å². The number of nitrogens with zero attached hydrogens (tertiary/aromatic N) is 3. The van der Waals surface area contributed by atoms with Crippen LogP contribution in [0.4, 0.5) is 5.82 Å². The molecule has 6 nitrogen and oxygen atoms in total. The van der Waals surface area contributed by atoms with E-state index in [4.69, 9.17) is 0 Å². The fraction of sp³-hybridized carbons (Fsp3) is 0.667. The van der Waals surface area contributed by atoms with Crippen molar-refractivity contribution in [2.45, 2.75) is 63.5 Å². The van der Waals surface area contributed by atoms with E-state index in [2.05, 4.69) is 10.3 Å². The van der Waals surface area contributed by atoms with E-state index in [9.17, 15) is 9.59 Å². The maximum atomic E-state index is 13.0. The maximum Gasteiger partial charge on any atom is 0.227 e. The summed E-state index contributed by atoms with van der Waals surface area (Å²) >= 11 is 0. The SMILES string of the molecule is O=C(C1CCC(=O)N(C2CCCC2)C1)N1CCC(Nc2ccccn2)CC1. The minimum absolute atomic E-state index is 0.0106. The zero-order valence-electron chi connectivity index (χ0n) is 16.0. The van der Waals surface area contributed by atoms with Crippen molar-refractivity contribution in [3.63, 3.8) is 0 Å². The molecule has 1 aliphatic carbocycles. The van der Waals surface area contributed by atoms with Crippen molar-refractivity contribution < 1.29 is 9.59 Å². The summed E-state index contributed by atoms with van der Waals surface area (Å²) in [4.78, 5) is 33.7. The van der Waals surface area contributed by atoms with Crippen LogP contribution in [0, 0.1) is 5.92 Å². The topological polar surface area (TPSA) is 65.5 Å². The number of rotatable bonds is 4. The molecule has 2 aliphatic heterocycles. The van der Waals surface area contributed by atoms with Gasteiger partial charge in [0.2, 0.25) is 11.8 Å². The molecule has 3 aliphatic rings. The highest BCUT2D eigenvalue weighted by Gasteiger charge is 2.37. The molecule has 0 bridgehead atoms. The number of carbonyl (C=O) groups is 2. The fourth-order valence-corrected chi connectivity index (χ4v) is 4.80. The predicted octanol–water partition coefficient (Wildman–Crippen LogP) is 2.67. The van der Waals surface area contributed by atoms with Crippen LogP contribution in [0.5, 0.6) is 0 Å². The van der Waals surface area contributed by atoms with Gasteiger partial charge in [0.1, 0.15) is 5.82 Å². The Morgan fingerprint density at radius 3 is 2.56 bits per heavy atom. The van der Waals surface area contributed by atoms with Gasteiger partial charge in [-0.25, -0.2) is 4.98 Å². The molecule has 0 aromatic carbocycles. The second-order valence-electron chi connectivity index (χ2n) is 8.18. The molecule has 1 unspecified atom stereocenters. The Bertz CT molecular complexity index is 651. The van der Waals surface area contributed by atoms with Crippen molar-refractivity contribution in [1.29, 1.82) is 0 Å². The Labute approximate surface area is 161 Å². The van der Waals surface area contributed by atoms with Crippen molar-refractivity contribution in [2.75, 3.05) is 25.0 Å². The lowest BCUT2D eigenvalue weighted by Crippen LogP contribution is -2.52. The number of nitrogens with one attached hydrogen (secondary N) is 1. The van der Waals surface area contributed by atoms with Gasteiger partial charge in [-0.15, -0.1) is 0 Å². The Balaban J connectivity index is 1.29. The van der Waals surface area contributed by atoms with Crippen LogP contribution >= 0.6 is 0 Å². The number of piperidine rings is 2. The first kappa shape index (κ1) is 18.3. The van der Waals surface area contributed by atoms with Crippen molar-refractivity contribution in [2.24, 2.45) is 5.92 Å². The second kappa shape index (κ2) is 8.28. The van der Waals surface area contributed by atoms with E-state index in [1.165, 1.54) is 12.8 Å². The van der Waals surface area contributed by atoms with Gasteiger partial charge in [-0.05, 0) is 44.2 Å². The monoisotopic (exact) mass is 370 g/mol. The lowest BCUT2D eigenvalue weighted by atomic mass is 9.93. The Kier molecular flexibility index (Phi) is 5.60. The third kappa shape index (κ3) is 4.25. The first-order valence-corrected chi connectivity index (χ1v) is 10.5. The molecule has 1 N–H and O–H groups in total. The van der Waals surface area contributed by atoms with Gasteiger partial charge in [0, 0.05) is 44.3 Å². The predicted molar refractivity (Wildman–Crippen MR) is 104 cm³/mol. The minimum atomic E-state index is -0.0106. The van der Waals surface area contributed by atoms with Crippen molar-refractivity contribution >= 4 is 17.6 Å². The van der Waals surface area contributed by atoms with Crippen molar-refractivity contribution in [3.8, 4) is 0 Å². The van der Waals surface area contributed by atoms with E-state index in [1.54, 1.807) is 6.20 Å². The first-order chi connectivity index (χ1) is 13.2. The fourth-order valence-electron chi connectivity index (χ4n) is 4.80. The smallest absolute Gasteiger partial charge is 0.227 e. The summed E-state index contributed by atoms with van der Waals surface area (Å²) in [6.07, 6.45) is 9.57. The molecule has 1 aromatic heterocycles. The van der Waals surface area contributed by atoms with Crippen LogP contribution in [0.1, 0.15) is 51.4 Å². The molecule has 0 radical (unpaired) electrons. The molecule has 1 saturated carbocycles. The van der Waals surface area contributed by atoms with Gasteiger partial charge in [0.05, 0.1) is 5.92 Å². The summed E-state index contributed by atoms with van der Waals surface area (Å²) in [5.74, 6) is 1.40. The quantitative estimate of drug-likeness (QED) is 0.885. The molecule has 1 atom stereocenters. The Morgan fingerprint density at radius 1 is 1.07 bits per heavy atom. The number of likely N-dealkylation sites (tertiary alicyclic amines) is 2. The molecule has 3 fully saturated rings. The number of anilines is 1. The molecule has 0 spiro atoms. The van der Waals surface area contributed by atoms with E-state index in [-0.39, 0.29) is 17.7 Å². The zero-order chi connectivity index (χ0) is 18.6. The summed E-state index contributed by atoms with van der Waals surface area (Å²) in [7, 11) is 0. The number of pyridine rings is 1. The lowest BCUT2D eigenvalue weighted by molar-refractivity contribution is -0.145. The molecule has 27 heavy (non-hydrogen) atoms. The minimum Gasteiger partial charge on any atom is -0.367 e. The standard InChI is InChI=1S/C21H30N4O2/c26-20-9-8-16(15-25(20)18-5-1-2-6-18)21(27)24-13-10-17(11-14-24)23-19-7-3-4-12-22-19/h3-4,7,12,16-18H,1-2,5-6,8-11,13-15H2,(H,22,23). The largest absolute Gasteiger partial charge is 0.367 e. The lowest BCUT2D eigenvalue weighted by Gasteiger charge is -2.39. The molecular weight excluding hydrogens is 340 g/mol. The number of aromatic nitrogens is 1. The molecule has 146 valence electrons. The normalized spacial score (nSPS) is 25.0. The summed E-state index contributed by atoms with van der Waals surface area (Å²) in [5.41, 5.74) is 0. The van der Waals surface area contributed by atoms with Gasteiger partial charge >= 0.3 is 0 Å². The van der Waals surface area contributed by atoms with E-state index in [1.807, 2.05) is 28.0 Å². The maximum absolute atomic E-state index is 13.0. The summed E-state index contributed by atoms with van der Waals surface area (Å²) in [6.45, 7) is 2.21. The van der Waals surface area contributed by atoms with Crippen LogP contribution in [0.15, 0.2) is 24.4 Å². The molecule has 2 amide bonds. The van der Waals surface area contributed by atoms with E-state index < -0.39 is 0 Å². The van der Waals surface area contributed by atoms with Crippen LogP contribution in [0.2, 0.25) is 0 Å². The molecule has 3 heterocycles. The van der Waals surface area contributed by atoms with Crippen molar-refractivity contribution in [1.82, 2.24) is 14.8 Å². The molecule has 1 aromatic rings. The van der Waals surface area contributed by atoms with Crippen LogP contribution in [-0.4, -0.2) is 58.3 Å². The average molecular weight is 370 g/mol. The van der Waals surface area contributed by atoms with Gasteiger partial charge in [0.25, 0.3) is 0 Å². The third-order valence-corrected chi connectivity index (χ3v) is 6.38. The molecular formula is C21H30N4O2. The number of hydrogen-bond donors (Lipinski definition) is 1. The Morgan fingerprint density at radius 2 is 1.85 bits per heavy atom. The number of amides is 2. The van der Waals surface area contributed by atoms with Gasteiger partial charge in [0.15, 0.2) is 0 Å². The number of hydrogen-bond acceptors (Lipinski definition) is 4. The van der Waals surface area contributed by atoms with Gasteiger partial charge in [-0.1, -0.05) is 18.9 Å². The summed E-state index contributed by atoms with van der Waals surface area (Å²) in [5, 5.41) is 3.47. The number of carbonyl (C=O) groups excluding carboxylic acids is 2. The first-order valence-electron chi connectivity index (χ1n) is 10.5. The highest BCUT2D eigenvalue weighted by atomic mass is 16.2. The average Bonchev–Trinajstić information content (AvgIpc) is 3.24.